The molecule has 5 heteroatoms. The van der Waals surface area contributed by atoms with Crippen LogP contribution in [0.25, 0.3) is 0 Å². The van der Waals surface area contributed by atoms with Crippen LogP contribution in [0.2, 0.25) is 0 Å². The molecule has 0 aliphatic heterocycles. The van der Waals surface area contributed by atoms with Crippen LogP contribution in [0.4, 0.5) is 5.69 Å². The number of nitrogens with two attached hydrogens (primary N) is 1. The molecule has 3 nitrogen and oxygen atoms in total. The van der Waals surface area contributed by atoms with Gasteiger partial charge in [0.25, 0.3) is 0 Å². The summed E-state index contributed by atoms with van der Waals surface area (Å²) in [6, 6.07) is 3.73. The molecular formula is C11H11NO2S2. The molecule has 0 saturated carbocycles. The third kappa shape index (κ3) is 2.62. The number of hydrogen-bond donors (Lipinski definition) is 1. The summed E-state index contributed by atoms with van der Waals surface area (Å²) in [5, 5.41) is 5.84. The Bertz CT molecular complexity index is 462. The normalized spacial score (nSPS) is 10.2. The zero-order valence-corrected chi connectivity index (χ0v) is 10.1. The zero-order chi connectivity index (χ0) is 11.4. The van der Waals surface area contributed by atoms with E-state index >= 15 is 0 Å². The third-order valence-corrected chi connectivity index (χ3v) is 3.73. The first-order valence-corrected chi connectivity index (χ1v) is 6.61. The zero-order valence-electron chi connectivity index (χ0n) is 8.51. The minimum atomic E-state index is -0.331. The molecule has 0 radical (unpaired) electrons. The van der Waals surface area contributed by atoms with E-state index in [1.807, 2.05) is 16.8 Å². The lowest BCUT2D eigenvalue weighted by Crippen LogP contribution is -2.08. The van der Waals surface area contributed by atoms with E-state index in [4.69, 9.17) is 10.5 Å². The molecule has 0 bridgehead atoms. The molecule has 0 aromatic carbocycles. The van der Waals surface area contributed by atoms with Gasteiger partial charge in [0.2, 0.25) is 0 Å². The number of carbonyl (C=O) groups excluding carboxylic acids is 1. The molecule has 2 heterocycles. The number of anilines is 1. The highest BCUT2D eigenvalue weighted by Crippen LogP contribution is 2.19. The smallest absolute Gasteiger partial charge is 0.350 e. The van der Waals surface area contributed by atoms with Gasteiger partial charge in [0.1, 0.15) is 4.88 Å². The van der Waals surface area contributed by atoms with Crippen molar-refractivity contribution in [3.8, 4) is 0 Å². The Kier molecular flexibility index (Phi) is 3.58. The van der Waals surface area contributed by atoms with Crippen molar-refractivity contribution in [2.45, 2.75) is 6.42 Å². The number of ether oxygens (including phenoxy) is 1. The average molecular weight is 253 g/mol. The van der Waals surface area contributed by atoms with Crippen LogP contribution in [-0.4, -0.2) is 12.6 Å². The summed E-state index contributed by atoms with van der Waals surface area (Å²) in [5.74, 6) is -0.331. The summed E-state index contributed by atoms with van der Waals surface area (Å²) in [6.45, 7) is 0.396. The molecule has 0 saturated heterocycles. The topological polar surface area (TPSA) is 52.3 Å². The van der Waals surface area contributed by atoms with E-state index in [2.05, 4.69) is 0 Å². The molecule has 84 valence electrons. The van der Waals surface area contributed by atoms with Gasteiger partial charge in [0.15, 0.2) is 0 Å². The van der Waals surface area contributed by atoms with E-state index in [0.29, 0.717) is 17.2 Å². The Morgan fingerprint density at radius 3 is 2.88 bits per heavy atom. The van der Waals surface area contributed by atoms with Crippen molar-refractivity contribution in [3.05, 3.63) is 38.7 Å². The van der Waals surface area contributed by atoms with Crippen molar-refractivity contribution in [2.75, 3.05) is 12.3 Å². The predicted molar refractivity (Wildman–Crippen MR) is 67.0 cm³/mol. The molecule has 0 fully saturated rings. The van der Waals surface area contributed by atoms with Gasteiger partial charge in [-0.2, -0.15) is 11.3 Å². The molecule has 2 N–H and O–H groups in total. The lowest BCUT2D eigenvalue weighted by molar-refractivity contribution is 0.0516. The quantitative estimate of drug-likeness (QED) is 0.852. The van der Waals surface area contributed by atoms with Crippen LogP contribution in [0.1, 0.15) is 15.2 Å². The second-order valence-corrected chi connectivity index (χ2v) is 4.92. The molecule has 0 aliphatic carbocycles. The molecule has 0 unspecified atom stereocenters. The Morgan fingerprint density at radius 1 is 1.38 bits per heavy atom. The first kappa shape index (κ1) is 11.2. The van der Waals surface area contributed by atoms with E-state index in [1.165, 1.54) is 16.9 Å². The third-order valence-electron chi connectivity index (χ3n) is 2.09. The lowest BCUT2D eigenvalue weighted by Gasteiger charge is -2.02. The van der Waals surface area contributed by atoms with E-state index in [0.717, 1.165) is 6.42 Å². The van der Waals surface area contributed by atoms with Crippen molar-refractivity contribution >= 4 is 34.3 Å². The lowest BCUT2D eigenvalue weighted by atomic mass is 10.3. The Hall–Kier alpha value is -1.33. The Morgan fingerprint density at radius 2 is 2.25 bits per heavy atom. The SMILES string of the molecule is Nc1ccsc1C(=O)OCCc1ccsc1. The van der Waals surface area contributed by atoms with Gasteiger partial charge in [-0.05, 0) is 33.8 Å². The highest BCUT2D eigenvalue weighted by atomic mass is 32.1. The van der Waals surface area contributed by atoms with Crippen molar-refractivity contribution in [1.29, 1.82) is 0 Å². The van der Waals surface area contributed by atoms with Crippen LogP contribution in [-0.2, 0) is 11.2 Å². The average Bonchev–Trinajstić information content (AvgIpc) is 2.88. The van der Waals surface area contributed by atoms with Gasteiger partial charge >= 0.3 is 5.97 Å². The molecule has 2 aromatic heterocycles. The van der Waals surface area contributed by atoms with E-state index < -0.39 is 0 Å². The summed E-state index contributed by atoms with van der Waals surface area (Å²) in [4.78, 5) is 12.1. The van der Waals surface area contributed by atoms with Gasteiger partial charge in [-0.15, -0.1) is 11.3 Å². The first-order chi connectivity index (χ1) is 7.77. The maximum absolute atomic E-state index is 11.6. The molecule has 2 aromatic rings. The number of thiophene rings is 2. The standard InChI is InChI=1S/C11H11NO2S2/c12-9-3-6-16-10(9)11(13)14-4-1-8-2-5-15-7-8/h2-3,5-7H,1,4,12H2. The second-order valence-electron chi connectivity index (χ2n) is 3.22. The van der Waals surface area contributed by atoms with Gasteiger partial charge in [-0.3, -0.25) is 0 Å². The number of nitrogen functional groups attached to an aromatic ring is 1. The van der Waals surface area contributed by atoms with E-state index in [9.17, 15) is 4.79 Å². The number of rotatable bonds is 4. The molecule has 0 amide bonds. The minimum Gasteiger partial charge on any atom is -0.461 e. The number of carbonyl (C=O) groups is 1. The van der Waals surface area contributed by atoms with E-state index in [-0.39, 0.29) is 5.97 Å². The monoisotopic (exact) mass is 253 g/mol. The van der Waals surface area contributed by atoms with Crippen LogP contribution in [0.15, 0.2) is 28.3 Å². The highest BCUT2D eigenvalue weighted by molar-refractivity contribution is 7.12. The van der Waals surface area contributed by atoms with E-state index in [1.54, 1.807) is 22.8 Å². The Balaban J connectivity index is 1.83. The first-order valence-electron chi connectivity index (χ1n) is 4.78. The van der Waals surface area contributed by atoms with Crippen LogP contribution in [0.3, 0.4) is 0 Å². The Labute approximate surface area is 101 Å². The fourth-order valence-electron chi connectivity index (χ4n) is 1.25. The van der Waals surface area contributed by atoms with Crippen molar-refractivity contribution in [1.82, 2.24) is 0 Å². The van der Waals surface area contributed by atoms with Gasteiger partial charge in [-0.25, -0.2) is 4.79 Å². The predicted octanol–water partition coefficient (Wildman–Crippen LogP) is 2.79. The molecule has 2 rings (SSSR count). The fraction of sp³-hybridized carbons (Fsp3) is 0.182. The number of hydrogen-bond acceptors (Lipinski definition) is 5. The van der Waals surface area contributed by atoms with Crippen LogP contribution in [0.5, 0.6) is 0 Å². The maximum Gasteiger partial charge on any atom is 0.350 e. The van der Waals surface area contributed by atoms with Crippen LogP contribution < -0.4 is 5.73 Å². The van der Waals surface area contributed by atoms with Crippen molar-refractivity contribution in [2.24, 2.45) is 0 Å². The fourth-order valence-corrected chi connectivity index (χ4v) is 2.66. The summed E-state index contributed by atoms with van der Waals surface area (Å²) in [6.07, 6.45) is 0.751. The van der Waals surface area contributed by atoms with Gasteiger partial charge in [0, 0.05) is 6.42 Å². The largest absolute Gasteiger partial charge is 0.461 e. The minimum absolute atomic E-state index is 0.331. The molecular weight excluding hydrogens is 242 g/mol. The molecule has 16 heavy (non-hydrogen) atoms. The summed E-state index contributed by atoms with van der Waals surface area (Å²) in [5.41, 5.74) is 7.30. The molecule has 0 atom stereocenters. The maximum atomic E-state index is 11.6. The summed E-state index contributed by atoms with van der Waals surface area (Å²) < 4.78 is 5.14. The summed E-state index contributed by atoms with van der Waals surface area (Å²) in [7, 11) is 0. The van der Waals surface area contributed by atoms with Gasteiger partial charge in [-0.1, -0.05) is 0 Å². The second kappa shape index (κ2) is 5.14. The van der Waals surface area contributed by atoms with Gasteiger partial charge in [0.05, 0.1) is 12.3 Å². The highest BCUT2D eigenvalue weighted by Gasteiger charge is 2.12. The van der Waals surface area contributed by atoms with Gasteiger partial charge < -0.3 is 10.5 Å². The molecule has 0 aliphatic rings. The summed E-state index contributed by atoms with van der Waals surface area (Å²) >= 11 is 2.95. The van der Waals surface area contributed by atoms with Crippen molar-refractivity contribution in [3.63, 3.8) is 0 Å². The van der Waals surface area contributed by atoms with Crippen LogP contribution in [0, 0.1) is 0 Å². The van der Waals surface area contributed by atoms with Crippen LogP contribution >= 0.6 is 22.7 Å². The van der Waals surface area contributed by atoms with Crippen molar-refractivity contribution < 1.29 is 9.53 Å². The number of esters is 1. The molecule has 0 spiro atoms.